The summed E-state index contributed by atoms with van der Waals surface area (Å²) < 4.78 is 10.5. The van der Waals surface area contributed by atoms with Crippen molar-refractivity contribution in [1.29, 1.82) is 0 Å². The van der Waals surface area contributed by atoms with Crippen LogP contribution < -0.4 is 5.32 Å². The average Bonchev–Trinajstić information content (AvgIpc) is 2.59. The largest absolute Gasteiger partial charge is 0.349 e. The van der Waals surface area contributed by atoms with Gasteiger partial charge in [0.1, 0.15) is 0 Å². The average molecular weight is 227 g/mol. The van der Waals surface area contributed by atoms with Crippen molar-refractivity contribution in [2.45, 2.75) is 51.9 Å². The number of rotatable bonds is 2. The Kier molecular flexibility index (Phi) is 3.50. The van der Waals surface area contributed by atoms with Gasteiger partial charge in [0.15, 0.2) is 0 Å². The number of hydrogen-bond donors (Lipinski definition) is 1. The van der Waals surface area contributed by atoms with Gasteiger partial charge in [0.25, 0.3) is 5.91 Å². The van der Waals surface area contributed by atoms with E-state index in [0.29, 0.717) is 18.6 Å². The second-order valence-electron chi connectivity index (χ2n) is 5.54. The number of ether oxygens (including phenoxy) is 2. The normalized spacial score (nSPS) is 30.2. The molecule has 0 spiro atoms. The van der Waals surface area contributed by atoms with Crippen LogP contribution in [-0.2, 0) is 14.3 Å². The van der Waals surface area contributed by atoms with E-state index in [1.807, 2.05) is 0 Å². The molecule has 1 unspecified atom stereocenters. The summed E-state index contributed by atoms with van der Waals surface area (Å²) >= 11 is 0. The number of amides is 1. The van der Waals surface area contributed by atoms with Crippen LogP contribution in [0.3, 0.4) is 0 Å². The van der Waals surface area contributed by atoms with E-state index < -0.39 is 6.29 Å². The molecule has 2 rings (SSSR count). The van der Waals surface area contributed by atoms with Crippen molar-refractivity contribution in [1.82, 2.24) is 5.32 Å². The van der Waals surface area contributed by atoms with Crippen LogP contribution in [0.25, 0.3) is 0 Å². The van der Waals surface area contributed by atoms with Crippen LogP contribution in [0.15, 0.2) is 0 Å². The van der Waals surface area contributed by atoms with E-state index in [0.717, 1.165) is 19.3 Å². The minimum Gasteiger partial charge on any atom is -0.349 e. The highest BCUT2D eigenvalue weighted by molar-refractivity contribution is 5.79. The Labute approximate surface area is 96.7 Å². The number of hydrogen-bond acceptors (Lipinski definition) is 3. The maximum atomic E-state index is 11.8. The third-order valence-corrected chi connectivity index (χ3v) is 3.36. The van der Waals surface area contributed by atoms with Crippen molar-refractivity contribution in [3.05, 3.63) is 0 Å². The molecule has 2 aliphatic rings. The fourth-order valence-corrected chi connectivity index (χ4v) is 2.47. The van der Waals surface area contributed by atoms with Gasteiger partial charge in [0.05, 0.1) is 13.2 Å². The van der Waals surface area contributed by atoms with Gasteiger partial charge in [-0.05, 0) is 31.1 Å². The number of carbonyl (C=O) groups excluding carboxylic acids is 1. The number of nitrogens with one attached hydrogen (secondary N) is 1. The Morgan fingerprint density at radius 3 is 2.56 bits per heavy atom. The maximum absolute atomic E-state index is 11.8. The van der Waals surface area contributed by atoms with Crippen LogP contribution in [0.5, 0.6) is 0 Å². The Hall–Kier alpha value is -0.610. The molecule has 1 aliphatic heterocycles. The van der Waals surface area contributed by atoms with Crippen molar-refractivity contribution >= 4 is 5.91 Å². The molecular formula is C12H21NO3. The molecule has 2 fully saturated rings. The van der Waals surface area contributed by atoms with Crippen LogP contribution >= 0.6 is 0 Å². The zero-order chi connectivity index (χ0) is 11.6. The second kappa shape index (κ2) is 4.72. The van der Waals surface area contributed by atoms with Crippen molar-refractivity contribution in [2.24, 2.45) is 5.41 Å². The molecular weight excluding hydrogens is 206 g/mol. The predicted molar refractivity (Wildman–Crippen MR) is 59.9 cm³/mol. The Balaban J connectivity index is 1.79. The first kappa shape index (κ1) is 11.9. The lowest BCUT2D eigenvalue weighted by Crippen LogP contribution is -2.44. The van der Waals surface area contributed by atoms with E-state index in [9.17, 15) is 4.79 Å². The van der Waals surface area contributed by atoms with Crippen molar-refractivity contribution in [3.63, 3.8) is 0 Å². The van der Waals surface area contributed by atoms with Gasteiger partial charge in [-0.2, -0.15) is 0 Å². The fourth-order valence-electron chi connectivity index (χ4n) is 2.47. The summed E-state index contributed by atoms with van der Waals surface area (Å²) in [5.74, 6) is -0.109. The molecule has 0 aromatic heterocycles. The van der Waals surface area contributed by atoms with E-state index in [2.05, 4.69) is 19.2 Å². The molecule has 0 aromatic carbocycles. The van der Waals surface area contributed by atoms with Crippen molar-refractivity contribution in [2.75, 3.05) is 13.2 Å². The molecule has 92 valence electrons. The highest BCUT2D eigenvalue weighted by atomic mass is 16.7. The van der Waals surface area contributed by atoms with Gasteiger partial charge in [0, 0.05) is 6.04 Å². The third kappa shape index (κ3) is 2.95. The second-order valence-corrected chi connectivity index (χ2v) is 5.54. The van der Waals surface area contributed by atoms with Gasteiger partial charge in [-0.1, -0.05) is 13.8 Å². The molecule has 0 aromatic rings. The molecule has 4 heteroatoms. The maximum Gasteiger partial charge on any atom is 0.277 e. The van der Waals surface area contributed by atoms with Gasteiger partial charge >= 0.3 is 0 Å². The highest BCUT2D eigenvalue weighted by Crippen LogP contribution is 2.36. The smallest absolute Gasteiger partial charge is 0.277 e. The van der Waals surface area contributed by atoms with E-state index >= 15 is 0 Å². The predicted octanol–water partition coefficient (Wildman–Crippen LogP) is 1.44. The zero-order valence-electron chi connectivity index (χ0n) is 10.1. The van der Waals surface area contributed by atoms with Gasteiger partial charge in [-0.15, -0.1) is 0 Å². The van der Waals surface area contributed by atoms with Crippen LogP contribution in [0, 0.1) is 5.41 Å². The summed E-state index contributed by atoms with van der Waals surface area (Å²) in [5, 5.41) is 3.02. The summed E-state index contributed by atoms with van der Waals surface area (Å²) in [7, 11) is 0. The van der Waals surface area contributed by atoms with E-state index in [1.165, 1.54) is 6.42 Å². The fraction of sp³-hybridized carbons (Fsp3) is 0.917. The number of carbonyl (C=O) groups is 1. The molecule has 1 aliphatic carbocycles. The van der Waals surface area contributed by atoms with Crippen LogP contribution in [0.1, 0.15) is 39.5 Å². The van der Waals surface area contributed by atoms with Gasteiger partial charge in [-0.3, -0.25) is 4.79 Å². The SMILES string of the molecule is CC1(C)CCC(NC(=O)C2OCCCO2)C1. The third-order valence-electron chi connectivity index (χ3n) is 3.36. The molecule has 0 radical (unpaired) electrons. The Morgan fingerprint density at radius 1 is 1.31 bits per heavy atom. The molecule has 4 nitrogen and oxygen atoms in total. The molecule has 0 bridgehead atoms. The standard InChI is InChI=1S/C12H21NO3/c1-12(2)5-4-9(8-12)13-10(14)11-15-6-3-7-16-11/h9,11H,3-8H2,1-2H3,(H,13,14). The van der Waals surface area contributed by atoms with Crippen LogP contribution in [0.2, 0.25) is 0 Å². The molecule has 1 heterocycles. The Morgan fingerprint density at radius 2 is 2.00 bits per heavy atom. The summed E-state index contributed by atoms with van der Waals surface area (Å²) in [6.45, 7) is 5.72. The van der Waals surface area contributed by atoms with Crippen LogP contribution in [-0.4, -0.2) is 31.5 Å². The first-order valence-electron chi connectivity index (χ1n) is 6.10. The lowest BCUT2D eigenvalue weighted by atomic mass is 9.92. The minimum atomic E-state index is -0.683. The molecule has 1 saturated carbocycles. The van der Waals surface area contributed by atoms with Gasteiger partial charge < -0.3 is 14.8 Å². The van der Waals surface area contributed by atoms with Crippen molar-refractivity contribution < 1.29 is 14.3 Å². The first-order chi connectivity index (χ1) is 7.57. The first-order valence-corrected chi connectivity index (χ1v) is 6.10. The zero-order valence-corrected chi connectivity index (χ0v) is 10.1. The quantitative estimate of drug-likeness (QED) is 0.776. The van der Waals surface area contributed by atoms with E-state index in [4.69, 9.17) is 9.47 Å². The lowest BCUT2D eigenvalue weighted by Gasteiger charge is -2.24. The molecule has 1 N–H and O–H groups in total. The lowest BCUT2D eigenvalue weighted by molar-refractivity contribution is -0.191. The molecule has 1 atom stereocenters. The summed E-state index contributed by atoms with van der Waals surface area (Å²) in [5.41, 5.74) is 0.353. The van der Waals surface area contributed by atoms with Crippen molar-refractivity contribution in [3.8, 4) is 0 Å². The van der Waals surface area contributed by atoms with Crippen LogP contribution in [0.4, 0.5) is 0 Å². The van der Waals surface area contributed by atoms with Gasteiger partial charge in [0.2, 0.25) is 6.29 Å². The minimum absolute atomic E-state index is 0.109. The Bertz CT molecular complexity index is 259. The van der Waals surface area contributed by atoms with E-state index in [-0.39, 0.29) is 11.9 Å². The van der Waals surface area contributed by atoms with Gasteiger partial charge in [-0.25, -0.2) is 0 Å². The topological polar surface area (TPSA) is 47.6 Å². The molecule has 1 saturated heterocycles. The monoisotopic (exact) mass is 227 g/mol. The highest BCUT2D eigenvalue weighted by Gasteiger charge is 2.33. The molecule has 16 heavy (non-hydrogen) atoms. The molecule has 1 amide bonds. The summed E-state index contributed by atoms with van der Waals surface area (Å²) in [6, 6.07) is 0.289. The summed E-state index contributed by atoms with van der Waals surface area (Å²) in [4.78, 5) is 11.8. The summed E-state index contributed by atoms with van der Waals surface area (Å²) in [6.07, 6.45) is 3.47. The van der Waals surface area contributed by atoms with E-state index in [1.54, 1.807) is 0 Å².